The molecule has 1 saturated carbocycles. The lowest BCUT2D eigenvalue weighted by atomic mass is 10.1. The lowest BCUT2D eigenvalue weighted by molar-refractivity contribution is 0.454. The van der Waals surface area contributed by atoms with Gasteiger partial charge in [-0.3, -0.25) is 0 Å². The van der Waals surface area contributed by atoms with Gasteiger partial charge in [0, 0.05) is 0 Å². The summed E-state index contributed by atoms with van der Waals surface area (Å²) in [4.78, 5) is 0. The fraction of sp³-hybridized carbons (Fsp3) is 0.467. The molecular weight excluding hydrogens is 236 g/mol. The fourth-order valence-electron chi connectivity index (χ4n) is 2.74. The van der Waals surface area contributed by atoms with Crippen molar-refractivity contribution < 1.29 is 0 Å². The van der Waals surface area contributed by atoms with Crippen LogP contribution in [0.4, 0.5) is 0 Å². The summed E-state index contributed by atoms with van der Waals surface area (Å²) in [6, 6.07) is 10.6. The summed E-state index contributed by atoms with van der Waals surface area (Å²) in [5.74, 6) is 1.50. The fourth-order valence-corrected chi connectivity index (χ4v) is 2.74. The number of nitrogens with zero attached hydrogens (tertiary/aromatic N) is 3. The van der Waals surface area contributed by atoms with Crippen molar-refractivity contribution >= 4 is 0 Å². The Morgan fingerprint density at radius 3 is 2.74 bits per heavy atom. The number of aromatic nitrogens is 3. The number of rotatable bonds is 5. The summed E-state index contributed by atoms with van der Waals surface area (Å²) in [6.07, 6.45) is 3.18. The molecule has 0 spiro atoms. The quantitative estimate of drug-likeness (QED) is 0.894. The van der Waals surface area contributed by atoms with E-state index in [1.54, 1.807) is 0 Å². The molecule has 1 aromatic carbocycles. The summed E-state index contributed by atoms with van der Waals surface area (Å²) in [5.41, 5.74) is 2.24. The predicted molar refractivity (Wildman–Crippen MR) is 75.0 cm³/mol. The highest BCUT2D eigenvalue weighted by molar-refractivity contribution is 5.32. The molecule has 100 valence electrons. The van der Waals surface area contributed by atoms with Crippen molar-refractivity contribution in [1.82, 2.24) is 20.3 Å². The van der Waals surface area contributed by atoms with Crippen molar-refractivity contribution in [3.8, 4) is 5.69 Å². The largest absolute Gasteiger partial charge is 0.309 e. The summed E-state index contributed by atoms with van der Waals surface area (Å²) in [6.45, 7) is 5.43. The van der Waals surface area contributed by atoms with Crippen LogP contribution in [0.25, 0.3) is 5.69 Å². The Morgan fingerprint density at radius 1 is 1.37 bits per heavy atom. The van der Waals surface area contributed by atoms with Crippen LogP contribution in [-0.4, -0.2) is 21.5 Å². The first-order valence-electron chi connectivity index (χ1n) is 7.00. The molecule has 0 amide bonds. The van der Waals surface area contributed by atoms with Crippen molar-refractivity contribution in [2.45, 2.75) is 26.3 Å². The molecule has 3 atom stereocenters. The number of benzene rings is 1. The third-order valence-corrected chi connectivity index (χ3v) is 3.92. The Labute approximate surface area is 113 Å². The van der Waals surface area contributed by atoms with Crippen LogP contribution in [-0.2, 0) is 0 Å². The maximum atomic E-state index is 4.25. The highest BCUT2D eigenvalue weighted by atomic mass is 15.4. The normalized spacial score (nSPS) is 23.3. The van der Waals surface area contributed by atoms with Gasteiger partial charge < -0.3 is 5.32 Å². The van der Waals surface area contributed by atoms with E-state index in [4.69, 9.17) is 0 Å². The summed E-state index contributed by atoms with van der Waals surface area (Å²) in [5, 5.41) is 11.9. The monoisotopic (exact) mass is 256 g/mol. The summed E-state index contributed by atoms with van der Waals surface area (Å²) in [7, 11) is 0. The van der Waals surface area contributed by atoms with Gasteiger partial charge in [-0.25, -0.2) is 4.68 Å². The highest BCUT2D eigenvalue weighted by Crippen LogP contribution is 2.46. The van der Waals surface area contributed by atoms with Gasteiger partial charge in [0.15, 0.2) is 0 Å². The number of para-hydroxylation sites is 1. The predicted octanol–water partition coefficient (Wildman–Crippen LogP) is 2.57. The summed E-state index contributed by atoms with van der Waals surface area (Å²) < 4.78 is 1.96. The van der Waals surface area contributed by atoms with Crippen molar-refractivity contribution in [2.75, 3.05) is 6.54 Å². The Balaban J connectivity index is 1.94. The second kappa shape index (κ2) is 5.13. The minimum absolute atomic E-state index is 0.357. The molecule has 0 aliphatic heterocycles. The first-order chi connectivity index (χ1) is 9.31. The number of hydrogen-bond acceptors (Lipinski definition) is 3. The number of hydrogen-bond donors (Lipinski definition) is 1. The highest BCUT2D eigenvalue weighted by Gasteiger charge is 2.41. The molecule has 0 saturated heterocycles. The molecule has 0 bridgehead atoms. The molecule has 1 aliphatic carbocycles. The Bertz CT molecular complexity index is 534. The molecule has 4 heteroatoms. The smallest absolute Gasteiger partial charge is 0.0818 e. The Morgan fingerprint density at radius 2 is 2.11 bits per heavy atom. The van der Waals surface area contributed by atoms with Gasteiger partial charge in [0.1, 0.15) is 0 Å². The zero-order valence-corrected chi connectivity index (χ0v) is 11.5. The van der Waals surface area contributed by atoms with Gasteiger partial charge in [0.05, 0.1) is 23.6 Å². The van der Waals surface area contributed by atoms with Crippen LogP contribution in [0.15, 0.2) is 36.5 Å². The van der Waals surface area contributed by atoms with Gasteiger partial charge >= 0.3 is 0 Å². The summed E-state index contributed by atoms with van der Waals surface area (Å²) >= 11 is 0. The van der Waals surface area contributed by atoms with Crippen molar-refractivity contribution in [1.29, 1.82) is 0 Å². The van der Waals surface area contributed by atoms with E-state index in [1.807, 2.05) is 29.1 Å². The maximum Gasteiger partial charge on any atom is 0.0818 e. The van der Waals surface area contributed by atoms with Crippen LogP contribution in [0.3, 0.4) is 0 Å². The van der Waals surface area contributed by atoms with E-state index in [-0.39, 0.29) is 0 Å². The van der Waals surface area contributed by atoms with Gasteiger partial charge in [-0.1, -0.05) is 37.3 Å². The van der Waals surface area contributed by atoms with E-state index in [9.17, 15) is 0 Å². The maximum absolute atomic E-state index is 4.25. The van der Waals surface area contributed by atoms with Crippen molar-refractivity contribution in [3.63, 3.8) is 0 Å². The molecular formula is C15H20N4. The van der Waals surface area contributed by atoms with Gasteiger partial charge in [-0.05, 0) is 36.9 Å². The second-order valence-electron chi connectivity index (χ2n) is 5.32. The van der Waals surface area contributed by atoms with Crippen molar-refractivity contribution in [2.24, 2.45) is 11.8 Å². The Kier molecular flexibility index (Phi) is 3.34. The first-order valence-corrected chi connectivity index (χ1v) is 7.00. The standard InChI is InChI=1S/C15H20N4/c1-3-16-15(13-9-11(13)2)14-10-17-18-19(14)12-7-5-4-6-8-12/h4-8,10-11,13,15-16H,3,9H2,1-2H3. The Hall–Kier alpha value is -1.68. The van der Waals surface area contributed by atoms with Crippen LogP contribution in [0.1, 0.15) is 32.0 Å². The van der Waals surface area contributed by atoms with Gasteiger partial charge in [0.25, 0.3) is 0 Å². The first kappa shape index (κ1) is 12.4. The topological polar surface area (TPSA) is 42.7 Å². The minimum Gasteiger partial charge on any atom is -0.309 e. The number of nitrogens with one attached hydrogen (secondary N) is 1. The average molecular weight is 256 g/mol. The van der Waals surface area contributed by atoms with Crippen LogP contribution >= 0.6 is 0 Å². The molecule has 2 aromatic rings. The second-order valence-corrected chi connectivity index (χ2v) is 5.32. The molecule has 1 N–H and O–H groups in total. The SMILES string of the molecule is CCNC(c1cnnn1-c1ccccc1)C1CC1C. The lowest BCUT2D eigenvalue weighted by Crippen LogP contribution is -2.25. The van der Waals surface area contributed by atoms with Crippen LogP contribution in [0, 0.1) is 11.8 Å². The lowest BCUT2D eigenvalue weighted by Gasteiger charge is -2.18. The van der Waals surface area contributed by atoms with E-state index in [0.29, 0.717) is 12.0 Å². The van der Waals surface area contributed by atoms with E-state index in [2.05, 4.69) is 41.6 Å². The zero-order valence-electron chi connectivity index (χ0n) is 11.5. The molecule has 1 aliphatic rings. The van der Waals surface area contributed by atoms with Gasteiger partial charge in [-0.2, -0.15) is 0 Å². The van der Waals surface area contributed by atoms with E-state index in [0.717, 1.165) is 18.2 Å². The van der Waals surface area contributed by atoms with Gasteiger partial charge in [-0.15, -0.1) is 5.10 Å². The minimum atomic E-state index is 0.357. The zero-order chi connectivity index (χ0) is 13.2. The molecule has 3 rings (SSSR count). The third-order valence-electron chi connectivity index (χ3n) is 3.92. The van der Waals surface area contributed by atoms with Crippen LogP contribution in [0.5, 0.6) is 0 Å². The molecule has 4 nitrogen and oxygen atoms in total. The van der Waals surface area contributed by atoms with Crippen molar-refractivity contribution in [3.05, 3.63) is 42.2 Å². The molecule has 1 fully saturated rings. The molecule has 1 aromatic heterocycles. The van der Waals surface area contributed by atoms with E-state index < -0.39 is 0 Å². The average Bonchev–Trinajstić information content (AvgIpc) is 2.98. The van der Waals surface area contributed by atoms with Crippen LogP contribution < -0.4 is 5.32 Å². The molecule has 0 radical (unpaired) electrons. The van der Waals surface area contributed by atoms with Gasteiger partial charge in [0.2, 0.25) is 0 Å². The third kappa shape index (κ3) is 2.40. The molecule has 19 heavy (non-hydrogen) atoms. The molecule has 3 unspecified atom stereocenters. The van der Waals surface area contributed by atoms with Crippen LogP contribution in [0.2, 0.25) is 0 Å². The van der Waals surface area contributed by atoms with E-state index in [1.165, 1.54) is 12.1 Å². The van der Waals surface area contributed by atoms with E-state index >= 15 is 0 Å². The molecule has 1 heterocycles.